The summed E-state index contributed by atoms with van der Waals surface area (Å²) in [5, 5.41) is 9.74. The third-order valence-electron chi connectivity index (χ3n) is 2.76. The third kappa shape index (κ3) is 1.64. The standard InChI is InChI=1S/C10H18O/c1-7-5-6-9(8(7)2)10(3,4)11/h6-8,11H,5H2,1-4H3/t7-,8-/m1/s1. The molecular weight excluding hydrogens is 136 g/mol. The van der Waals surface area contributed by atoms with E-state index in [2.05, 4.69) is 19.9 Å². The Kier molecular flexibility index (Phi) is 2.10. The first-order chi connectivity index (χ1) is 4.93. The zero-order chi connectivity index (χ0) is 8.65. The summed E-state index contributed by atoms with van der Waals surface area (Å²) in [5.41, 5.74) is 0.606. The van der Waals surface area contributed by atoms with E-state index < -0.39 is 5.60 Å². The van der Waals surface area contributed by atoms with E-state index in [1.165, 1.54) is 5.57 Å². The molecule has 0 aromatic carbocycles. The van der Waals surface area contributed by atoms with Gasteiger partial charge in [-0.15, -0.1) is 0 Å². The van der Waals surface area contributed by atoms with Crippen LogP contribution in [0, 0.1) is 11.8 Å². The molecule has 0 amide bonds. The molecule has 0 heterocycles. The van der Waals surface area contributed by atoms with Crippen molar-refractivity contribution in [2.75, 3.05) is 0 Å². The summed E-state index contributed by atoms with van der Waals surface area (Å²) in [7, 11) is 0. The van der Waals surface area contributed by atoms with Gasteiger partial charge in [0.15, 0.2) is 0 Å². The van der Waals surface area contributed by atoms with Gasteiger partial charge in [0.25, 0.3) is 0 Å². The van der Waals surface area contributed by atoms with Gasteiger partial charge >= 0.3 is 0 Å². The Balaban J connectivity index is 2.76. The predicted octanol–water partition coefficient (Wildman–Crippen LogP) is 2.36. The maximum atomic E-state index is 9.74. The fourth-order valence-corrected chi connectivity index (χ4v) is 1.82. The molecule has 0 radical (unpaired) electrons. The van der Waals surface area contributed by atoms with Crippen LogP contribution < -0.4 is 0 Å². The normalized spacial score (nSPS) is 32.3. The predicted molar refractivity (Wildman–Crippen MR) is 47.3 cm³/mol. The van der Waals surface area contributed by atoms with E-state index in [0.29, 0.717) is 11.8 Å². The van der Waals surface area contributed by atoms with Crippen LogP contribution in [0.5, 0.6) is 0 Å². The van der Waals surface area contributed by atoms with Crippen LogP contribution in [-0.2, 0) is 0 Å². The molecule has 0 fully saturated rings. The zero-order valence-corrected chi connectivity index (χ0v) is 7.89. The van der Waals surface area contributed by atoms with Crippen LogP contribution in [0.3, 0.4) is 0 Å². The molecule has 0 bridgehead atoms. The molecule has 0 unspecified atom stereocenters. The fourth-order valence-electron chi connectivity index (χ4n) is 1.82. The lowest BCUT2D eigenvalue weighted by Crippen LogP contribution is -2.25. The highest BCUT2D eigenvalue weighted by atomic mass is 16.3. The van der Waals surface area contributed by atoms with Crippen molar-refractivity contribution in [3.63, 3.8) is 0 Å². The minimum atomic E-state index is -0.607. The van der Waals surface area contributed by atoms with Crippen molar-refractivity contribution in [2.24, 2.45) is 11.8 Å². The molecule has 1 heteroatoms. The molecule has 0 aromatic heterocycles. The Hall–Kier alpha value is -0.300. The lowest BCUT2D eigenvalue weighted by molar-refractivity contribution is 0.107. The zero-order valence-electron chi connectivity index (χ0n) is 7.89. The molecule has 1 rings (SSSR count). The topological polar surface area (TPSA) is 20.2 Å². The number of hydrogen-bond donors (Lipinski definition) is 1. The first-order valence-electron chi connectivity index (χ1n) is 4.36. The van der Waals surface area contributed by atoms with E-state index in [1.54, 1.807) is 0 Å². The second-order valence-electron chi connectivity index (χ2n) is 4.22. The number of allylic oxidation sites excluding steroid dienone is 1. The molecule has 1 N–H and O–H groups in total. The summed E-state index contributed by atoms with van der Waals surface area (Å²) in [6.07, 6.45) is 3.32. The summed E-state index contributed by atoms with van der Waals surface area (Å²) < 4.78 is 0. The minimum absolute atomic E-state index is 0.551. The molecule has 1 aliphatic rings. The maximum Gasteiger partial charge on any atom is 0.0803 e. The van der Waals surface area contributed by atoms with Gasteiger partial charge in [0, 0.05) is 0 Å². The molecule has 2 atom stereocenters. The number of hydrogen-bond acceptors (Lipinski definition) is 1. The highest BCUT2D eigenvalue weighted by Crippen LogP contribution is 2.36. The monoisotopic (exact) mass is 154 g/mol. The van der Waals surface area contributed by atoms with Crippen molar-refractivity contribution < 1.29 is 5.11 Å². The Labute approximate surface area is 69.1 Å². The quantitative estimate of drug-likeness (QED) is 0.575. The van der Waals surface area contributed by atoms with Gasteiger partial charge in [-0.2, -0.15) is 0 Å². The first-order valence-corrected chi connectivity index (χ1v) is 4.36. The molecule has 0 spiro atoms. The van der Waals surface area contributed by atoms with Crippen molar-refractivity contribution in [1.82, 2.24) is 0 Å². The average Bonchev–Trinajstić information content (AvgIpc) is 2.11. The Morgan fingerprint density at radius 2 is 2.00 bits per heavy atom. The van der Waals surface area contributed by atoms with Crippen LogP contribution in [0.4, 0.5) is 0 Å². The van der Waals surface area contributed by atoms with Crippen LogP contribution in [-0.4, -0.2) is 10.7 Å². The highest BCUT2D eigenvalue weighted by molar-refractivity contribution is 5.22. The summed E-state index contributed by atoms with van der Waals surface area (Å²) in [4.78, 5) is 0. The van der Waals surface area contributed by atoms with Gasteiger partial charge in [0.05, 0.1) is 5.60 Å². The van der Waals surface area contributed by atoms with Gasteiger partial charge in [0.2, 0.25) is 0 Å². The second kappa shape index (κ2) is 2.63. The van der Waals surface area contributed by atoms with Gasteiger partial charge in [-0.05, 0) is 37.7 Å². The summed E-state index contributed by atoms with van der Waals surface area (Å²) in [6, 6.07) is 0. The van der Waals surface area contributed by atoms with E-state index in [0.717, 1.165) is 6.42 Å². The second-order valence-corrected chi connectivity index (χ2v) is 4.22. The van der Waals surface area contributed by atoms with Crippen LogP contribution in [0.1, 0.15) is 34.1 Å². The van der Waals surface area contributed by atoms with E-state index in [-0.39, 0.29) is 0 Å². The van der Waals surface area contributed by atoms with Crippen molar-refractivity contribution in [2.45, 2.75) is 39.7 Å². The van der Waals surface area contributed by atoms with Crippen LogP contribution in [0.15, 0.2) is 11.6 Å². The summed E-state index contributed by atoms with van der Waals surface area (Å²) in [5.74, 6) is 1.26. The smallest absolute Gasteiger partial charge is 0.0803 e. The summed E-state index contributed by atoms with van der Waals surface area (Å²) >= 11 is 0. The van der Waals surface area contributed by atoms with Gasteiger partial charge in [-0.1, -0.05) is 19.9 Å². The molecular formula is C10H18O. The number of rotatable bonds is 1. The minimum Gasteiger partial charge on any atom is -0.386 e. The van der Waals surface area contributed by atoms with Gasteiger partial charge in [-0.3, -0.25) is 0 Å². The average molecular weight is 154 g/mol. The molecule has 1 aliphatic carbocycles. The Bertz CT molecular complexity index is 174. The molecule has 0 aromatic rings. The molecule has 64 valence electrons. The van der Waals surface area contributed by atoms with Crippen LogP contribution in [0.2, 0.25) is 0 Å². The van der Waals surface area contributed by atoms with Crippen LogP contribution in [0.25, 0.3) is 0 Å². The van der Waals surface area contributed by atoms with Crippen molar-refractivity contribution in [1.29, 1.82) is 0 Å². The highest BCUT2D eigenvalue weighted by Gasteiger charge is 2.31. The van der Waals surface area contributed by atoms with Gasteiger partial charge in [-0.25, -0.2) is 0 Å². The summed E-state index contributed by atoms with van der Waals surface area (Å²) in [6.45, 7) is 8.17. The third-order valence-corrected chi connectivity index (χ3v) is 2.76. The molecule has 0 saturated carbocycles. The Morgan fingerprint density at radius 1 is 1.45 bits per heavy atom. The largest absolute Gasteiger partial charge is 0.386 e. The van der Waals surface area contributed by atoms with E-state index in [4.69, 9.17) is 0 Å². The van der Waals surface area contributed by atoms with E-state index in [1.807, 2.05) is 13.8 Å². The molecule has 0 aliphatic heterocycles. The molecule has 0 saturated heterocycles. The van der Waals surface area contributed by atoms with E-state index >= 15 is 0 Å². The lowest BCUT2D eigenvalue weighted by Gasteiger charge is -2.25. The van der Waals surface area contributed by atoms with Gasteiger partial charge in [0.1, 0.15) is 0 Å². The van der Waals surface area contributed by atoms with Crippen molar-refractivity contribution >= 4 is 0 Å². The number of aliphatic hydroxyl groups is 1. The fraction of sp³-hybridized carbons (Fsp3) is 0.800. The van der Waals surface area contributed by atoms with Gasteiger partial charge < -0.3 is 5.11 Å². The van der Waals surface area contributed by atoms with Crippen LogP contribution >= 0.6 is 0 Å². The first kappa shape index (κ1) is 8.79. The van der Waals surface area contributed by atoms with E-state index in [9.17, 15) is 5.11 Å². The molecule has 1 nitrogen and oxygen atoms in total. The van der Waals surface area contributed by atoms with Crippen molar-refractivity contribution in [3.8, 4) is 0 Å². The molecule has 11 heavy (non-hydrogen) atoms. The Morgan fingerprint density at radius 3 is 2.18 bits per heavy atom. The lowest BCUT2D eigenvalue weighted by atomic mass is 9.86. The maximum absolute atomic E-state index is 9.74. The van der Waals surface area contributed by atoms with Crippen molar-refractivity contribution in [3.05, 3.63) is 11.6 Å². The SMILES string of the molecule is C[C@@H]1CC=C(C(C)(C)O)[C@@H]1C.